The van der Waals surface area contributed by atoms with Crippen LogP contribution in [0, 0.1) is 12.8 Å². The topological polar surface area (TPSA) is 37.8 Å². The van der Waals surface area contributed by atoms with Crippen molar-refractivity contribution in [3.8, 4) is 0 Å². The second-order valence-electron chi connectivity index (χ2n) is 4.65. The van der Waals surface area contributed by atoms with E-state index in [1.165, 1.54) is 24.2 Å². The van der Waals surface area contributed by atoms with E-state index < -0.39 is 0 Å². The number of nitrogens with zero attached hydrogens (tertiary/aromatic N) is 2. The molecule has 0 amide bonds. The molecule has 16 heavy (non-hydrogen) atoms. The molecule has 0 saturated carbocycles. The van der Waals surface area contributed by atoms with E-state index in [2.05, 4.69) is 28.3 Å². The number of aromatic nitrogens is 2. The molecular weight excluding hydrogens is 198 g/mol. The summed E-state index contributed by atoms with van der Waals surface area (Å²) in [5.41, 5.74) is 2.41. The Bertz CT molecular complexity index is 343. The molecule has 0 unspecified atom stereocenters. The third-order valence-electron chi connectivity index (χ3n) is 3.26. The van der Waals surface area contributed by atoms with Crippen LogP contribution in [-0.2, 0) is 12.8 Å². The summed E-state index contributed by atoms with van der Waals surface area (Å²) in [4.78, 5) is 8.97. The first-order valence-electron chi connectivity index (χ1n) is 6.32. The minimum Gasteiger partial charge on any atom is -0.317 e. The van der Waals surface area contributed by atoms with Crippen LogP contribution in [-0.4, -0.2) is 23.1 Å². The molecule has 1 aromatic rings. The van der Waals surface area contributed by atoms with Crippen LogP contribution in [0.25, 0.3) is 0 Å². The number of hydrogen-bond acceptors (Lipinski definition) is 3. The molecule has 1 aliphatic rings. The average Bonchev–Trinajstić information content (AvgIpc) is 2.29. The Labute approximate surface area is 97.7 Å². The number of rotatable bonds is 3. The van der Waals surface area contributed by atoms with Gasteiger partial charge in [-0.1, -0.05) is 6.92 Å². The number of hydrogen-bond donors (Lipinski definition) is 1. The third kappa shape index (κ3) is 3.01. The molecule has 88 valence electrons. The molecule has 0 radical (unpaired) electrons. The maximum Gasteiger partial charge on any atom is 0.125 e. The zero-order valence-corrected chi connectivity index (χ0v) is 10.3. The highest BCUT2D eigenvalue weighted by Crippen LogP contribution is 2.17. The summed E-state index contributed by atoms with van der Waals surface area (Å²) < 4.78 is 0. The average molecular weight is 219 g/mol. The lowest BCUT2D eigenvalue weighted by atomic mass is 9.93. The van der Waals surface area contributed by atoms with Crippen molar-refractivity contribution in [3.05, 3.63) is 23.3 Å². The van der Waals surface area contributed by atoms with Gasteiger partial charge >= 0.3 is 0 Å². The van der Waals surface area contributed by atoms with Crippen LogP contribution in [0.3, 0.4) is 0 Å². The van der Waals surface area contributed by atoms with Crippen molar-refractivity contribution in [3.63, 3.8) is 0 Å². The van der Waals surface area contributed by atoms with Crippen molar-refractivity contribution in [1.29, 1.82) is 0 Å². The molecule has 3 heteroatoms. The molecule has 2 rings (SSSR count). The Morgan fingerprint density at radius 2 is 1.94 bits per heavy atom. The van der Waals surface area contributed by atoms with E-state index in [1.807, 2.05) is 6.92 Å². The highest BCUT2D eigenvalue weighted by atomic mass is 14.9. The van der Waals surface area contributed by atoms with Crippen LogP contribution < -0.4 is 5.32 Å². The largest absolute Gasteiger partial charge is 0.317 e. The summed E-state index contributed by atoms with van der Waals surface area (Å²) in [6.07, 6.45) is 4.69. The van der Waals surface area contributed by atoms with E-state index in [0.717, 1.165) is 37.7 Å². The summed E-state index contributed by atoms with van der Waals surface area (Å²) in [7, 11) is 0. The zero-order chi connectivity index (χ0) is 11.4. The molecule has 3 nitrogen and oxygen atoms in total. The Hall–Kier alpha value is -0.960. The number of aryl methyl sites for hydroxylation is 2. The van der Waals surface area contributed by atoms with Gasteiger partial charge < -0.3 is 5.32 Å². The van der Waals surface area contributed by atoms with Crippen LogP contribution in [0.2, 0.25) is 0 Å². The predicted molar refractivity (Wildman–Crippen MR) is 65.4 cm³/mol. The van der Waals surface area contributed by atoms with Gasteiger partial charge in [0, 0.05) is 11.4 Å². The van der Waals surface area contributed by atoms with Crippen molar-refractivity contribution < 1.29 is 0 Å². The molecule has 0 atom stereocenters. The quantitative estimate of drug-likeness (QED) is 0.843. The first-order valence-corrected chi connectivity index (χ1v) is 6.32. The lowest BCUT2D eigenvalue weighted by Gasteiger charge is -2.22. The van der Waals surface area contributed by atoms with Gasteiger partial charge in [0.1, 0.15) is 5.82 Å². The molecule has 1 saturated heterocycles. The highest BCUT2D eigenvalue weighted by Gasteiger charge is 2.14. The fraction of sp³-hybridized carbons (Fsp3) is 0.692. The number of nitrogens with one attached hydrogen (secondary N) is 1. The Balaban J connectivity index is 2.04. The second kappa shape index (κ2) is 5.39. The van der Waals surface area contributed by atoms with Crippen LogP contribution in [0.5, 0.6) is 0 Å². The second-order valence-corrected chi connectivity index (χ2v) is 4.65. The molecule has 0 aliphatic carbocycles. The first-order chi connectivity index (χ1) is 7.78. The fourth-order valence-electron chi connectivity index (χ4n) is 2.36. The summed E-state index contributed by atoms with van der Waals surface area (Å²) in [5, 5.41) is 3.40. The van der Waals surface area contributed by atoms with Gasteiger partial charge in [0.15, 0.2) is 0 Å². The lowest BCUT2D eigenvalue weighted by molar-refractivity contribution is 0.369. The smallest absolute Gasteiger partial charge is 0.125 e. The van der Waals surface area contributed by atoms with Gasteiger partial charge in [-0.2, -0.15) is 0 Å². The molecule has 2 heterocycles. The SMILES string of the molecule is CCc1cc(CC2CCNCC2)nc(C)n1. The molecule has 1 aromatic heterocycles. The predicted octanol–water partition coefficient (Wildman–Crippen LogP) is 1.89. The lowest BCUT2D eigenvalue weighted by Crippen LogP contribution is -2.28. The van der Waals surface area contributed by atoms with Crippen molar-refractivity contribution >= 4 is 0 Å². The monoisotopic (exact) mass is 219 g/mol. The molecule has 0 aromatic carbocycles. The molecule has 1 aliphatic heterocycles. The van der Waals surface area contributed by atoms with Gasteiger partial charge in [-0.3, -0.25) is 0 Å². The summed E-state index contributed by atoms with van der Waals surface area (Å²) in [6.45, 7) is 6.46. The van der Waals surface area contributed by atoms with E-state index >= 15 is 0 Å². The minimum absolute atomic E-state index is 0.806. The van der Waals surface area contributed by atoms with E-state index in [1.54, 1.807) is 0 Å². The number of piperidine rings is 1. The Morgan fingerprint density at radius 3 is 2.62 bits per heavy atom. The van der Waals surface area contributed by atoms with Gasteiger partial charge in [0.25, 0.3) is 0 Å². The zero-order valence-electron chi connectivity index (χ0n) is 10.3. The molecular formula is C13H21N3. The van der Waals surface area contributed by atoms with Gasteiger partial charge in [-0.05, 0) is 57.7 Å². The normalized spacial score (nSPS) is 17.6. The van der Waals surface area contributed by atoms with Crippen LogP contribution in [0.1, 0.15) is 37.0 Å². The van der Waals surface area contributed by atoms with Crippen molar-refractivity contribution in [1.82, 2.24) is 15.3 Å². The van der Waals surface area contributed by atoms with Crippen LogP contribution in [0.15, 0.2) is 6.07 Å². The fourth-order valence-corrected chi connectivity index (χ4v) is 2.36. The van der Waals surface area contributed by atoms with Gasteiger partial charge in [-0.15, -0.1) is 0 Å². The van der Waals surface area contributed by atoms with E-state index in [-0.39, 0.29) is 0 Å². The van der Waals surface area contributed by atoms with Crippen LogP contribution >= 0.6 is 0 Å². The standard InChI is InChI=1S/C13H21N3/c1-3-12-9-13(16-10(2)15-12)8-11-4-6-14-7-5-11/h9,11,14H,3-8H2,1-2H3. The molecule has 1 N–H and O–H groups in total. The Morgan fingerprint density at radius 1 is 1.25 bits per heavy atom. The molecule has 0 bridgehead atoms. The summed E-state index contributed by atoms with van der Waals surface area (Å²) in [6, 6.07) is 2.18. The maximum atomic E-state index is 4.54. The van der Waals surface area contributed by atoms with E-state index in [9.17, 15) is 0 Å². The highest BCUT2D eigenvalue weighted by molar-refractivity contribution is 5.11. The summed E-state index contributed by atoms with van der Waals surface area (Å²) in [5.74, 6) is 1.73. The van der Waals surface area contributed by atoms with Gasteiger partial charge in [0.2, 0.25) is 0 Å². The van der Waals surface area contributed by atoms with Gasteiger partial charge in [0.05, 0.1) is 0 Å². The minimum atomic E-state index is 0.806. The summed E-state index contributed by atoms with van der Waals surface area (Å²) >= 11 is 0. The van der Waals surface area contributed by atoms with E-state index in [4.69, 9.17) is 0 Å². The third-order valence-corrected chi connectivity index (χ3v) is 3.26. The molecule has 0 spiro atoms. The van der Waals surface area contributed by atoms with Crippen molar-refractivity contribution in [2.75, 3.05) is 13.1 Å². The maximum absolute atomic E-state index is 4.54. The Kier molecular flexibility index (Phi) is 3.88. The van der Waals surface area contributed by atoms with Crippen molar-refractivity contribution in [2.24, 2.45) is 5.92 Å². The van der Waals surface area contributed by atoms with Gasteiger partial charge in [-0.25, -0.2) is 9.97 Å². The molecule has 1 fully saturated rings. The van der Waals surface area contributed by atoms with E-state index in [0.29, 0.717) is 0 Å². The van der Waals surface area contributed by atoms with Crippen LogP contribution in [0.4, 0.5) is 0 Å². The van der Waals surface area contributed by atoms with Crippen molar-refractivity contribution in [2.45, 2.75) is 39.5 Å². The first kappa shape index (κ1) is 11.5.